The van der Waals surface area contributed by atoms with Crippen molar-refractivity contribution in [1.29, 1.82) is 0 Å². The van der Waals surface area contributed by atoms with E-state index in [2.05, 4.69) is 15.5 Å². The van der Waals surface area contributed by atoms with Gasteiger partial charge < -0.3 is 14.8 Å². The standard InChI is InChI=1S/C17H19N5O2/c1-11(23)21-8-12-7-15-19-20-16(22(15)10-13(12)9-21)17(24)18-14-5-3-2-4-6-14/h2-6,12-13H,7-10H2,1H3,(H,18,24)/t12-,13+/m0/s1. The molecule has 124 valence electrons. The molecule has 24 heavy (non-hydrogen) atoms. The van der Waals surface area contributed by atoms with Gasteiger partial charge in [0.05, 0.1) is 0 Å². The van der Waals surface area contributed by atoms with Crippen LogP contribution in [0.5, 0.6) is 0 Å². The third kappa shape index (κ3) is 2.55. The van der Waals surface area contributed by atoms with Crippen molar-refractivity contribution in [2.24, 2.45) is 11.8 Å². The molecular formula is C17H19N5O2. The molecule has 4 rings (SSSR count). The van der Waals surface area contributed by atoms with Crippen LogP contribution in [-0.2, 0) is 17.8 Å². The van der Waals surface area contributed by atoms with Gasteiger partial charge in [-0.05, 0) is 24.0 Å². The van der Waals surface area contributed by atoms with Crippen LogP contribution in [0.3, 0.4) is 0 Å². The van der Waals surface area contributed by atoms with Crippen molar-refractivity contribution in [2.75, 3.05) is 18.4 Å². The Morgan fingerprint density at radius 3 is 2.58 bits per heavy atom. The smallest absolute Gasteiger partial charge is 0.293 e. The van der Waals surface area contributed by atoms with E-state index in [1.54, 1.807) is 6.92 Å². The van der Waals surface area contributed by atoms with Crippen LogP contribution in [0.15, 0.2) is 30.3 Å². The van der Waals surface area contributed by atoms with E-state index in [-0.39, 0.29) is 11.8 Å². The average molecular weight is 325 g/mol. The van der Waals surface area contributed by atoms with Gasteiger partial charge in [-0.1, -0.05) is 18.2 Å². The van der Waals surface area contributed by atoms with Crippen molar-refractivity contribution in [3.05, 3.63) is 42.0 Å². The minimum Gasteiger partial charge on any atom is -0.342 e. The number of anilines is 1. The summed E-state index contributed by atoms with van der Waals surface area (Å²) in [6, 6.07) is 9.31. The van der Waals surface area contributed by atoms with Crippen molar-refractivity contribution in [1.82, 2.24) is 19.7 Å². The van der Waals surface area contributed by atoms with E-state index in [0.29, 0.717) is 24.2 Å². The second-order valence-electron chi connectivity index (χ2n) is 6.52. The predicted octanol–water partition coefficient (Wildman–Crippen LogP) is 1.18. The number of nitrogens with one attached hydrogen (secondary N) is 1. The van der Waals surface area contributed by atoms with Gasteiger partial charge in [0.25, 0.3) is 5.91 Å². The summed E-state index contributed by atoms with van der Waals surface area (Å²) in [6.45, 7) is 3.82. The van der Waals surface area contributed by atoms with Crippen LogP contribution in [0.2, 0.25) is 0 Å². The Morgan fingerprint density at radius 1 is 1.08 bits per heavy atom. The fraction of sp³-hybridized carbons (Fsp3) is 0.412. The van der Waals surface area contributed by atoms with Gasteiger partial charge in [0.15, 0.2) is 0 Å². The molecule has 2 aliphatic heterocycles. The molecule has 7 heteroatoms. The molecule has 2 aliphatic rings. The molecule has 1 N–H and O–H groups in total. The first kappa shape index (κ1) is 14.9. The Kier molecular flexibility index (Phi) is 3.55. The normalized spacial score (nSPS) is 22.0. The summed E-state index contributed by atoms with van der Waals surface area (Å²) in [5, 5.41) is 11.1. The fourth-order valence-electron chi connectivity index (χ4n) is 3.66. The van der Waals surface area contributed by atoms with Gasteiger partial charge in [-0.25, -0.2) is 0 Å². The number of hydrogen-bond donors (Lipinski definition) is 1. The first-order valence-electron chi connectivity index (χ1n) is 8.16. The molecule has 0 radical (unpaired) electrons. The second kappa shape index (κ2) is 5.74. The number of amides is 2. The van der Waals surface area contributed by atoms with Crippen LogP contribution >= 0.6 is 0 Å². The highest BCUT2D eigenvalue weighted by Gasteiger charge is 2.39. The molecule has 1 aromatic heterocycles. The third-order valence-electron chi connectivity index (χ3n) is 4.95. The maximum atomic E-state index is 12.5. The Labute approximate surface area is 139 Å². The zero-order chi connectivity index (χ0) is 16.7. The molecule has 0 bridgehead atoms. The van der Waals surface area contributed by atoms with E-state index in [0.717, 1.165) is 31.0 Å². The van der Waals surface area contributed by atoms with E-state index < -0.39 is 0 Å². The largest absolute Gasteiger partial charge is 0.342 e. The van der Waals surface area contributed by atoms with E-state index in [4.69, 9.17) is 0 Å². The summed E-state index contributed by atoms with van der Waals surface area (Å²) in [5.41, 5.74) is 0.733. The van der Waals surface area contributed by atoms with Crippen molar-refractivity contribution in [2.45, 2.75) is 19.9 Å². The summed E-state index contributed by atoms with van der Waals surface area (Å²) in [5.74, 6) is 1.81. The van der Waals surface area contributed by atoms with E-state index in [1.165, 1.54) is 0 Å². The van der Waals surface area contributed by atoms with Crippen LogP contribution in [0.1, 0.15) is 23.4 Å². The molecule has 0 spiro atoms. The number of likely N-dealkylation sites (tertiary alicyclic amines) is 1. The molecule has 1 aromatic carbocycles. The van der Waals surface area contributed by atoms with Gasteiger partial charge in [-0.3, -0.25) is 9.59 Å². The Hall–Kier alpha value is -2.70. The van der Waals surface area contributed by atoms with Gasteiger partial charge in [0.2, 0.25) is 11.7 Å². The van der Waals surface area contributed by atoms with Crippen LogP contribution in [0.4, 0.5) is 5.69 Å². The highest BCUT2D eigenvalue weighted by molar-refractivity contribution is 6.01. The molecule has 1 fully saturated rings. The summed E-state index contributed by atoms with van der Waals surface area (Å²) in [4.78, 5) is 26.0. The second-order valence-corrected chi connectivity index (χ2v) is 6.52. The lowest BCUT2D eigenvalue weighted by atomic mass is 9.89. The van der Waals surface area contributed by atoms with Crippen LogP contribution in [-0.4, -0.2) is 44.6 Å². The first-order valence-corrected chi connectivity index (χ1v) is 8.16. The maximum absolute atomic E-state index is 12.5. The minimum absolute atomic E-state index is 0.113. The Balaban J connectivity index is 1.53. The topological polar surface area (TPSA) is 80.1 Å². The molecule has 0 unspecified atom stereocenters. The quantitative estimate of drug-likeness (QED) is 0.899. The summed E-state index contributed by atoms with van der Waals surface area (Å²) < 4.78 is 1.91. The van der Waals surface area contributed by atoms with Gasteiger partial charge in [0.1, 0.15) is 5.82 Å². The maximum Gasteiger partial charge on any atom is 0.293 e. The Morgan fingerprint density at radius 2 is 1.83 bits per heavy atom. The first-order chi connectivity index (χ1) is 11.6. The number of fused-ring (bicyclic) bond motifs is 2. The van der Waals surface area contributed by atoms with Crippen molar-refractivity contribution < 1.29 is 9.59 Å². The lowest BCUT2D eigenvalue weighted by molar-refractivity contribution is -0.128. The zero-order valence-corrected chi connectivity index (χ0v) is 13.5. The fourth-order valence-corrected chi connectivity index (χ4v) is 3.66. The molecule has 1 saturated heterocycles. The number of para-hydroxylation sites is 1. The highest BCUT2D eigenvalue weighted by Crippen LogP contribution is 2.32. The molecule has 0 aliphatic carbocycles. The van der Waals surface area contributed by atoms with Gasteiger partial charge in [-0.15, -0.1) is 10.2 Å². The van der Waals surface area contributed by atoms with E-state index >= 15 is 0 Å². The highest BCUT2D eigenvalue weighted by atomic mass is 16.2. The minimum atomic E-state index is -0.250. The van der Waals surface area contributed by atoms with E-state index in [1.807, 2.05) is 39.8 Å². The van der Waals surface area contributed by atoms with Gasteiger partial charge >= 0.3 is 0 Å². The molecule has 2 aromatic rings. The van der Waals surface area contributed by atoms with Crippen LogP contribution in [0, 0.1) is 11.8 Å². The van der Waals surface area contributed by atoms with Crippen LogP contribution < -0.4 is 5.32 Å². The van der Waals surface area contributed by atoms with Gasteiger partial charge in [0, 0.05) is 38.7 Å². The number of nitrogens with zero attached hydrogens (tertiary/aromatic N) is 4. The molecular weight excluding hydrogens is 306 g/mol. The average Bonchev–Trinajstić information content (AvgIpc) is 3.16. The summed E-state index contributed by atoms with van der Waals surface area (Å²) in [6.07, 6.45) is 0.764. The molecule has 3 heterocycles. The number of benzene rings is 1. The molecule has 7 nitrogen and oxygen atoms in total. The lowest BCUT2D eigenvalue weighted by Gasteiger charge is -2.25. The zero-order valence-electron chi connectivity index (χ0n) is 13.5. The third-order valence-corrected chi connectivity index (χ3v) is 4.95. The van der Waals surface area contributed by atoms with E-state index in [9.17, 15) is 9.59 Å². The summed E-state index contributed by atoms with van der Waals surface area (Å²) in [7, 11) is 0. The van der Waals surface area contributed by atoms with Crippen molar-refractivity contribution in [3.63, 3.8) is 0 Å². The molecule has 0 saturated carbocycles. The van der Waals surface area contributed by atoms with Crippen LogP contribution in [0.25, 0.3) is 0 Å². The lowest BCUT2D eigenvalue weighted by Crippen LogP contribution is -2.31. The SMILES string of the molecule is CC(=O)N1C[C@@H]2Cn3c(nnc3C(=O)Nc3ccccc3)C[C@H]2C1. The Bertz CT molecular complexity index is 786. The van der Waals surface area contributed by atoms with Crippen molar-refractivity contribution >= 4 is 17.5 Å². The number of aromatic nitrogens is 3. The number of rotatable bonds is 2. The van der Waals surface area contributed by atoms with Gasteiger partial charge in [-0.2, -0.15) is 0 Å². The van der Waals surface area contributed by atoms with Crippen molar-refractivity contribution in [3.8, 4) is 0 Å². The predicted molar refractivity (Wildman–Crippen MR) is 87.4 cm³/mol. The molecule has 2 atom stereocenters. The molecule has 2 amide bonds. The number of hydrogen-bond acceptors (Lipinski definition) is 4. The number of carbonyl (C=O) groups is 2. The number of carbonyl (C=O) groups excluding carboxylic acids is 2. The monoisotopic (exact) mass is 325 g/mol. The summed E-state index contributed by atoms with van der Waals surface area (Å²) >= 11 is 0.